The minimum Gasteiger partial charge on any atom is -0.481 e. The molecule has 0 spiro atoms. The Labute approximate surface area is 112 Å². The van der Waals surface area contributed by atoms with Crippen molar-refractivity contribution in [3.63, 3.8) is 0 Å². The van der Waals surface area contributed by atoms with E-state index in [1.807, 2.05) is 0 Å². The molecule has 2 amide bonds. The zero-order chi connectivity index (χ0) is 14.5. The van der Waals surface area contributed by atoms with Crippen molar-refractivity contribution in [2.24, 2.45) is 0 Å². The Morgan fingerprint density at radius 2 is 1.95 bits per heavy atom. The first kappa shape index (κ1) is 15.7. The number of urea groups is 1. The maximum Gasteiger partial charge on any atom is 0.315 e. The van der Waals surface area contributed by atoms with E-state index in [1.54, 1.807) is 0 Å². The Bertz CT molecular complexity index is 332. The van der Waals surface area contributed by atoms with Gasteiger partial charge in [0.25, 0.3) is 0 Å². The first-order chi connectivity index (χ1) is 8.80. The fourth-order valence-corrected chi connectivity index (χ4v) is 2.16. The van der Waals surface area contributed by atoms with E-state index in [1.165, 1.54) is 6.92 Å². The van der Waals surface area contributed by atoms with Crippen molar-refractivity contribution in [3.8, 4) is 0 Å². The Morgan fingerprint density at radius 1 is 1.32 bits per heavy atom. The number of rotatable bonds is 5. The van der Waals surface area contributed by atoms with Crippen molar-refractivity contribution in [1.82, 2.24) is 10.6 Å². The molecule has 0 aromatic rings. The zero-order valence-electron chi connectivity index (χ0n) is 11.1. The first-order valence-corrected chi connectivity index (χ1v) is 6.47. The summed E-state index contributed by atoms with van der Waals surface area (Å²) in [5, 5.41) is 33.1. The van der Waals surface area contributed by atoms with Gasteiger partial charge < -0.3 is 26.0 Å². The summed E-state index contributed by atoms with van der Waals surface area (Å²) in [7, 11) is 0. The molecule has 0 radical (unpaired) electrons. The molecule has 0 aliphatic heterocycles. The zero-order valence-corrected chi connectivity index (χ0v) is 11.1. The fraction of sp³-hybridized carbons (Fsp3) is 0.833. The van der Waals surface area contributed by atoms with E-state index < -0.39 is 30.1 Å². The van der Waals surface area contributed by atoms with Crippen molar-refractivity contribution in [1.29, 1.82) is 0 Å². The summed E-state index contributed by atoms with van der Waals surface area (Å²) in [5.74, 6) is -1.13. The number of carboxylic acids is 1. The Kier molecular flexibility index (Phi) is 5.56. The number of aliphatic hydroxyl groups excluding tert-OH is 1. The van der Waals surface area contributed by atoms with Gasteiger partial charge in [0, 0.05) is 6.54 Å². The number of aliphatic hydroxyl groups is 2. The van der Waals surface area contributed by atoms with Crippen LogP contribution in [-0.2, 0) is 4.79 Å². The molecule has 0 aromatic heterocycles. The third kappa shape index (κ3) is 5.89. The molecule has 7 heteroatoms. The van der Waals surface area contributed by atoms with Crippen LogP contribution in [-0.4, -0.2) is 51.6 Å². The quantitative estimate of drug-likeness (QED) is 0.476. The van der Waals surface area contributed by atoms with E-state index in [9.17, 15) is 19.8 Å². The van der Waals surface area contributed by atoms with Gasteiger partial charge in [0.15, 0.2) is 0 Å². The average molecular weight is 274 g/mol. The SMILES string of the molecule is CC(O)(CNC(=O)NC1CCCCC1O)CC(=O)O. The number of hydrogen-bond donors (Lipinski definition) is 5. The molecule has 19 heavy (non-hydrogen) atoms. The van der Waals surface area contributed by atoms with Gasteiger partial charge in [-0.2, -0.15) is 0 Å². The molecule has 1 aliphatic rings. The Morgan fingerprint density at radius 3 is 2.53 bits per heavy atom. The first-order valence-electron chi connectivity index (χ1n) is 6.47. The van der Waals surface area contributed by atoms with Crippen LogP contribution < -0.4 is 10.6 Å². The van der Waals surface area contributed by atoms with Gasteiger partial charge in [0.1, 0.15) is 0 Å². The molecule has 0 heterocycles. The molecule has 0 bridgehead atoms. The molecule has 3 unspecified atom stereocenters. The lowest BCUT2D eigenvalue weighted by Crippen LogP contribution is -2.52. The van der Waals surface area contributed by atoms with Gasteiger partial charge in [0.05, 0.1) is 24.2 Å². The summed E-state index contributed by atoms with van der Waals surface area (Å²) in [6.07, 6.45) is 2.31. The van der Waals surface area contributed by atoms with Crippen molar-refractivity contribution >= 4 is 12.0 Å². The van der Waals surface area contributed by atoms with E-state index in [4.69, 9.17) is 5.11 Å². The minimum atomic E-state index is -1.49. The number of carbonyl (C=O) groups is 2. The van der Waals surface area contributed by atoms with Crippen molar-refractivity contribution < 1.29 is 24.9 Å². The molecule has 7 nitrogen and oxygen atoms in total. The van der Waals surface area contributed by atoms with E-state index in [0.717, 1.165) is 19.3 Å². The Balaban J connectivity index is 2.32. The summed E-state index contributed by atoms with van der Waals surface area (Å²) in [6, 6.07) is -0.783. The lowest BCUT2D eigenvalue weighted by molar-refractivity contribution is -0.141. The van der Waals surface area contributed by atoms with E-state index >= 15 is 0 Å². The van der Waals surface area contributed by atoms with E-state index in [2.05, 4.69) is 10.6 Å². The third-order valence-electron chi connectivity index (χ3n) is 3.21. The van der Waals surface area contributed by atoms with Crippen LogP contribution in [0.4, 0.5) is 4.79 Å². The highest BCUT2D eigenvalue weighted by Crippen LogP contribution is 2.18. The number of carbonyl (C=O) groups excluding carboxylic acids is 1. The lowest BCUT2D eigenvalue weighted by atomic mass is 9.93. The van der Waals surface area contributed by atoms with Gasteiger partial charge in [-0.3, -0.25) is 4.79 Å². The number of aliphatic carboxylic acids is 1. The maximum atomic E-state index is 11.6. The summed E-state index contributed by atoms with van der Waals surface area (Å²) in [4.78, 5) is 22.1. The van der Waals surface area contributed by atoms with Crippen molar-refractivity contribution in [3.05, 3.63) is 0 Å². The van der Waals surface area contributed by atoms with Crippen LogP contribution in [0.25, 0.3) is 0 Å². The Hall–Kier alpha value is -1.34. The van der Waals surface area contributed by atoms with Crippen LogP contribution in [0.2, 0.25) is 0 Å². The van der Waals surface area contributed by atoms with Gasteiger partial charge in [-0.1, -0.05) is 12.8 Å². The highest BCUT2D eigenvalue weighted by atomic mass is 16.4. The maximum absolute atomic E-state index is 11.6. The molecule has 0 saturated heterocycles. The van der Waals surface area contributed by atoms with Crippen LogP contribution in [0, 0.1) is 0 Å². The molecule has 1 rings (SSSR count). The van der Waals surface area contributed by atoms with Crippen LogP contribution >= 0.6 is 0 Å². The van der Waals surface area contributed by atoms with Crippen LogP contribution in [0.15, 0.2) is 0 Å². The molecule has 110 valence electrons. The summed E-state index contributed by atoms with van der Waals surface area (Å²) < 4.78 is 0. The standard InChI is InChI=1S/C12H22N2O5/c1-12(19,6-10(16)17)7-13-11(18)14-8-4-2-3-5-9(8)15/h8-9,15,19H,2-7H2,1H3,(H,16,17)(H2,13,14,18). The minimum absolute atomic E-state index is 0.159. The predicted octanol–water partition coefficient (Wildman–Crippen LogP) is -0.185. The van der Waals surface area contributed by atoms with E-state index in [0.29, 0.717) is 6.42 Å². The van der Waals surface area contributed by atoms with Gasteiger partial charge in [-0.05, 0) is 19.8 Å². The number of nitrogens with one attached hydrogen (secondary N) is 2. The highest BCUT2D eigenvalue weighted by molar-refractivity contribution is 5.74. The monoisotopic (exact) mass is 274 g/mol. The average Bonchev–Trinajstić information content (AvgIpc) is 2.28. The topological polar surface area (TPSA) is 119 Å². The number of carboxylic acid groups (broad SMARTS) is 1. The lowest BCUT2D eigenvalue weighted by Gasteiger charge is -2.29. The fourth-order valence-electron chi connectivity index (χ4n) is 2.16. The van der Waals surface area contributed by atoms with Gasteiger partial charge in [0.2, 0.25) is 0 Å². The van der Waals surface area contributed by atoms with Crippen LogP contribution in [0.3, 0.4) is 0 Å². The number of hydrogen-bond acceptors (Lipinski definition) is 4. The van der Waals surface area contributed by atoms with E-state index in [-0.39, 0.29) is 12.6 Å². The van der Waals surface area contributed by atoms with Crippen LogP contribution in [0.5, 0.6) is 0 Å². The van der Waals surface area contributed by atoms with Crippen molar-refractivity contribution in [2.45, 2.75) is 56.8 Å². The largest absolute Gasteiger partial charge is 0.481 e. The molecule has 1 saturated carbocycles. The molecule has 3 atom stereocenters. The molecule has 5 N–H and O–H groups in total. The second kappa shape index (κ2) is 6.72. The predicted molar refractivity (Wildman–Crippen MR) is 67.7 cm³/mol. The normalized spacial score (nSPS) is 26.3. The molecule has 1 aliphatic carbocycles. The third-order valence-corrected chi connectivity index (χ3v) is 3.21. The van der Waals surface area contributed by atoms with Crippen molar-refractivity contribution in [2.75, 3.05) is 6.54 Å². The number of amides is 2. The summed E-state index contributed by atoms with van der Waals surface area (Å²) in [5.41, 5.74) is -1.49. The van der Waals surface area contributed by atoms with Gasteiger partial charge in [-0.25, -0.2) is 4.79 Å². The smallest absolute Gasteiger partial charge is 0.315 e. The molecular weight excluding hydrogens is 252 g/mol. The summed E-state index contributed by atoms with van der Waals surface area (Å²) >= 11 is 0. The molecule has 1 fully saturated rings. The second-order valence-corrected chi connectivity index (χ2v) is 5.35. The van der Waals surface area contributed by atoms with Gasteiger partial charge in [-0.15, -0.1) is 0 Å². The second-order valence-electron chi connectivity index (χ2n) is 5.35. The molecule has 0 aromatic carbocycles. The molecular formula is C12H22N2O5. The summed E-state index contributed by atoms with van der Waals surface area (Å²) in [6.45, 7) is 1.19. The highest BCUT2D eigenvalue weighted by Gasteiger charge is 2.27. The van der Waals surface area contributed by atoms with Crippen LogP contribution in [0.1, 0.15) is 39.0 Å². The van der Waals surface area contributed by atoms with Gasteiger partial charge >= 0.3 is 12.0 Å².